The number of benzene rings is 2. The Hall–Kier alpha value is -3.75. The van der Waals surface area contributed by atoms with Crippen LogP contribution in [0, 0.1) is 17.7 Å². The molecule has 1 saturated heterocycles. The predicted molar refractivity (Wildman–Crippen MR) is 136 cm³/mol. The van der Waals surface area contributed by atoms with E-state index < -0.39 is 29.9 Å². The monoisotopic (exact) mass is 511 g/mol. The normalized spacial score (nSPS) is 18.6. The van der Waals surface area contributed by atoms with Crippen LogP contribution in [0.1, 0.15) is 37.8 Å². The molecular weight excluding hydrogens is 477 g/mol. The summed E-state index contributed by atoms with van der Waals surface area (Å²) in [5.74, 6) is -3.01. The Morgan fingerprint density at radius 2 is 1.73 bits per heavy atom. The number of amides is 3. The van der Waals surface area contributed by atoms with Crippen molar-refractivity contribution in [2.45, 2.75) is 51.6 Å². The van der Waals surface area contributed by atoms with E-state index in [0.29, 0.717) is 12.8 Å². The smallest absolute Gasteiger partial charge is 0.326 e. The Kier molecular flexibility index (Phi) is 9.77. The first kappa shape index (κ1) is 27.8. The van der Waals surface area contributed by atoms with Gasteiger partial charge in [0.05, 0.1) is 13.0 Å². The molecule has 3 N–H and O–H groups in total. The summed E-state index contributed by atoms with van der Waals surface area (Å²) in [7, 11) is 0. The molecule has 9 heteroatoms. The lowest BCUT2D eigenvalue weighted by atomic mass is 9.97. The number of hydrogen-bond donors (Lipinski definition) is 3. The molecule has 3 rings (SSSR count). The molecule has 0 bridgehead atoms. The molecule has 1 heterocycles. The van der Waals surface area contributed by atoms with Crippen LogP contribution in [-0.4, -0.2) is 58.9 Å². The summed E-state index contributed by atoms with van der Waals surface area (Å²) in [5.41, 5.74) is 1.68. The van der Waals surface area contributed by atoms with E-state index in [1.807, 2.05) is 44.2 Å². The first-order chi connectivity index (χ1) is 17.7. The van der Waals surface area contributed by atoms with Gasteiger partial charge in [0.25, 0.3) is 0 Å². The molecule has 1 aliphatic heterocycles. The van der Waals surface area contributed by atoms with E-state index in [2.05, 4.69) is 10.6 Å². The van der Waals surface area contributed by atoms with Crippen LogP contribution in [0.25, 0.3) is 0 Å². The van der Waals surface area contributed by atoms with Gasteiger partial charge in [0, 0.05) is 6.54 Å². The van der Waals surface area contributed by atoms with E-state index in [1.165, 1.54) is 17.0 Å². The molecule has 2 aromatic rings. The first-order valence-electron chi connectivity index (χ1n) is 12.6. The summed E-state index contributed by atoms with van der Waals surface area (Å²) >= 11 is 0. The van der Waals surface area contributed by atoms with Crippen molar-refractivity contribution in [3.05, 3.63) is 71.5 Å². The second-order valence-corrected chi connectivity index (χ2v) is 9.64. The minimum atomic E-state index is -1.10. The first-order valence-corrected chi connectivity index (χ1v) is 12.6. The Morgan fingerprint density at radius 3 is 2.35 bits per heavy atom. The highest BCUT2D eigenvalue weighted by molar-refractivity contribution is 5.92. The molecule has 0 aromatic heterocycles. The van der Waals surface area contributed by atoms with Gasteiger partial charge in [0.2, 0.25) is 17.7 Å². The highest BCUT2D eigenvalue weighted by Gasteiger charge is 2.39. The Bertz CT molecular complexity index is 1090. The van der Waals surface area contributed by atoms with Gasteiger partial charge in [-0.15, -0.1) is 0 Å². The van der Waals surface area contributed by atoms with Crippen LogP contribution in [0.4, 0.5) is 4.39 Å². The fraction of sp³-hybridized carbons (Fsp3) is 0.429. The number of carbonyl (C=O) groups is 4. The Balaban J connectivity index is 1.58. The number of aliphatic carboxylic acids is 1. The second-order valence-electron chi connectivity index (χ2n) is 9.64. The maximum absolute atomic E-state index is 13.2. The minimum absolute atomic E-state index is 0.101. The van der Waals surface area contributed by atoms with Gasteiger partial charge >= 0.3 is 5.97 Å². The number of carboxylic acid groups (broad SMARTS) is 1. The molecule has 0 unspecified atom stereocenters. The van der Waals surface area contributed by atoms with E-state index >= 15 is 0 Å². The zero-order valence-electron chi connectivity index (χ0n) is 21.2. The van der Waals surface area contributed by atoms with E-state index in [-0.39, 0.29) is 49.5 Å². The third kappa shape index (κ3) is 7.87. The highest BCUT2D eigenvalue weighted by Crippen LogP contribution is 2.27. The third-order valence-electron chi connectivity index (χ3n) is 6.86. The number of rotatable bonds is 11. The number of nitrogens with zero attached hydrogens (tertiary/aromatic N) is 1. The largest absolute Gasteiger partial charge is 0.480 e. The van der Waals surface area contributed by atoms with Crippen LogP contribution in [0.5, 0.6) is 0 Å². The van der Waals surface area contributed by atoms with Gasteiger partial charge < -0.3 is 20.6 Å². The van der Waals surface area contributed by atoms with E-state index in [1.54, 1.807) is 12.1 Å². The zero-order chi connectivity index (χ0) is 26.9. The van der Waals surface area contributed by atoms with Crippen LogP contribution in [0.15, 0.2) is 54.6 Å². The summed E-state index contributed by atoms with van der Waals surface area (Å²) in [5, 5.41) is 15.0. The van der Waals surface area contributed by atoms with Crippen LogP contribution >= 0.6 is 0 Å². The van der Waals surface area contributed by atoms with Crippen molar-refractivity contribution in [1.82, 2.24) is 15.5 Å². The molecule has 0 saturated carbocycles. The number of nitrogens with one attached hydrogen (secondary N) is 2. The molecular formula is C28H34FN3O5. The van der Waals surface area contributed by atoms with Crippen molar-refractivity contribution in [1.29, 1.82) is 0 Å². The lowest BCUT2D eigenvalue weighted by Gasteiger charge is -2.25. The number of hydrogen-bond acceptors (Lipinski definition) is 4. The van der Waals surface area contributed by atoms with Gasteiger partial charge in [0.1, 0.15) is 17.9 Å². The molecule has 1 fully saturated rings. The number of likely N-dealkylation sites (tertiary alicyclic amines) is 1. The maximum Gasteiger partial charge on any atom is 0.326 e. The summed E-state index contributed by atoms with van der Waals surface area (Å²) in [4.78, 5) is 51.6. The predicted octanol–water partition coefficient (Wildman–Crippen LogP) is 2.56. The average Bonchev–Trinajstić information content (AvgIpc) is 3.31. The maximum atomic E-state index is 13.2. The van der Waals surface area contributed by atoms with Crippen LogP contribution in [0.3, 0.4) is 0 Å². The number of halogens is 1. The molecule has 1 aliphatic rings. The summed E-state index contributed by atoms with van der Waals surface area (Å²) in [6.07, 6.45) is 1.56. The molecule has 37 heavy (non-hydrogen) atoms. The van der Waals surface area contributed by atoms with Crippen molar-refractivity contribution in [3.8, 4) is 0 Å². The fourth-order valence-corrected chi connectivity index (χ4v) is 4.62. The minimum Gasteiger partial charge on any atom is -0.480 e. The van der Waals surface area contributed by atoms with Crippen molar-refractivity contribution in [3.63, 3.8) is 0 Å². The van der Waals surface area contributed by atoms with Gasteiger partial charge in [-0.1, -0.05) is 62.7 Å². The Labute approximate surface area is 216 Å². The fourth-order valence-electron chi connectivity index (χ4n) is 4.62. The summed E-state index contributed by atoms with van der Waals surface area (Å²) in [6.45, 7) is 3.61. The van der Waals surface area contributed by atoms with Crippen molar-refractivity contribution < 1.29 is 28.7 Å². The van der Waals surface area contributed by atoms with Crippen LogP contribution < -0.4 is 10.6 Å². The standard InChI is InChI=1S/C28H34FN3O5/c1-3-18(2)26(31-24(33)15-19-7-5-4-6-8-19)27(35)30-16-25(34)32-17-21(14-23(32)28(36)37)13-20-9-11-22(29)12-10-20/h4-12,18,21,23,26H,3,13-17H2,1-2H3,(H,30,35)(H,31,33)(H,36,37)/t18-,21+,23-,26-/m0/s1. The lowest BCUT2D eigenvalue weighted by Crippen LogP contribution is -2.53. The van der Waals surface area contributed by atoms with Gasteiger partial charge in [-0.25, -0.2) is 9.18 Å². The van der Waals surface area contributed by atoms with Crippen molar-refractivity contribution >= 4 is 23.7 Å². The van der Waals surface area contributed by atoms with E-state index in [4.69, 9.17) is 0 Å². The van der Waals surface area contributed by atoms with E-state index in [9.17, 15) is 28.7 Å². The van der Waals surface area contributed by atoms with Crippen molar-refractivity contribution in [2.24, 2.45) is 11.8 Å². The molecule has 198 valence electrons. The van der Waals surface area contributed by atoms with Gasteiger partial charge in [-0.2, -0.15) is 0 Å². The van der Waals surface area contributed by atoms with Crippen LogP contribution in [-0.2, 0) is 32.0 Å². The summed E-state index contributed by atoms with van der Waals surface area (Å²) in [6, 6.07) is 13.4. The lowest BCUT2D eigenvalue weighted by molar-refractivity contribution is -0.148. The van der Waals surface area contributed by atoms with Gasteiger partial charge in [-0.3, -0.25) is 14.4 Å². The average molecular weight is 512 g/mol. The topological polar surface area (TPSA) is 116 Å². The van der Waals surface area contributed by atoms with Crippen LogP contribution in [0.2, 0.25) is 0 Å². The SMILES string of the molecule is CC[C@H](C)[C@H](NC(=O)Cc1ccccc1)C(=O)NCC(=O)N1C[C@H](Cc2ccc(F)cc2)C[C@H]1C(=O)O. The number of carboxylic acids is 1. The second kappa shape index (κ2) is 13.0. The molecule has 0 spiro atoms. The van der Waals surface area contributed by atoms with Gasteiger partial charge in [0.15, 0.2) is 0 Å². The molecule has 0 radical (unpaired) electrons. The number of carbonyl (C=O) groups excluding carboxylic acids is 3. The van der Waals surface area contributed by atoms with Crippen molar-refractivity contribution in [2.75, 3.05) is 13.1 Å². The zero-order valence-corrected chi connectivity index (χ0v) is 21.2. The molecule has 4 atom stereocenters. The van der Waals surface area contributed by atoms with Gasteiger partial charge in [-0.05, 0) is 47.9 Å². The third-order valence-corrected chi connectivity index (χ3v) is 6.86. The summed E-state index contributed by atoms with van der Waals surface area (Å²) < 4.78 is 13.2. The quantitative estimate of drug-likeness (QED) is 0.429. The van der Waals surface area contributed by atoms with E-state index in [0.717, 1.165) is 11.1 Å². The Morgan fingerprint density at radius 1 is 1.05 bits per heavy atom. The molecule has 3 amide bonds. The molecule has 8 nitrogen and oxygen atoms in total. The molecule has 0 aliphatic carbocycles. The highest BCUT2D eigenvalue weighted by atomic mass is 19.1. The molecule has 2 aromatic carbocycles.